The second-order valence-corrected chi connectivity index (χ2v) is 10.5. The molecule has 4 aromatic rings. The third-order valence-corrected chi connectivity index (χ3v) is 7.89. The van der Waals surface area contributed by atoms with Crippen molar-refractivity contribution in [2.75, 3.05) is 6.79 Å². The number of nitrogens with one attached hydrogen (secondary N) is 1. The number of ether oxygens (including phenoxy) is 3. The molecule has 2 amide bonds. The van der Waals surface area contributed by atoms with Crippen molar-refractivity contribution in [3.05, 3.63) is 82.1 Å². The average Bonchev–Trinajstić information content (AvgIpc) is 3.67. The molecule has 2 aliphatic heterocycles. The first-order valence-corrected chi connectivity index (χ1v) is 13.7. The highest BCUT2D eigenvalue weighted by Crippen LogP contribution is 2.36. The van der Waals surface area contributed by atoms with Crippen molar-refractivity contribution < 1.29 is 23.8 Å². The molecule has 1 N–H and O–H groups in total. The molecule has 0 aliphatic carbocycles. The molecule has 11 heteroatoms. The van der Waals surface area contributed by atoms with E-state index in [1.165, 1.54) is 11.3 Å². The van der Waals surface area contributed by atoms with Crippen molar-refractivity contribution in [1.82, 2.24) is 14.7 Å². The van der Waals surface area contributed by atoms with Crippen LogP contribution in [-0.4, -0.2) is 33.9 Å². The van der Waals surface area contributed by atoms with Gasteiger partial charge in [0.05, 0.1) is 29.1 Å². The summed E-state index contributed by atoms with van der Waals surface area (Å²) in [7, 11) is 0. The molecule has 0 radical (unpaired) electrons. The number of nitrogens with zero attached hydrogens (tertiary/aromatic N) is 4. The van der Waals surface area contributed by atoms with Crippen molar-refractivity contribution in [2.24, 2.45) is 10.9 Å². The molecule has 0 saturated carbocycles. The Morgan fingerprint density at radius 3 is 2.95 bits per heavy atom. The van der Waals surface area contributed by atoms with Crippen LogP contribution < -0.4 is 14.8 Å². The maximum absolute atomic E-state index is 13.9. The van der Waals surface area contributed by atoms with E-state index >= 15 is 0 Å². The number of thiazole rings is 1. The minimum absolute atomic E-state index is 0.179. The topological polar surface area (TPSA) is 127 Å². The lowest BCUT2D eigenvalue weighted by molar-refractivity contribution is -0.152. The summed E-state index contributed by atoms with van der Waals surface area (Å²) in [6, 6.07) is 13.5. The zero-order valence-electron chi connectivity index (χ0n) is 21.8. The van der Waals surface area contributed by atoms with E-state index in [-0.39, 0.29) is 6.79 Å². The quantitative estimate of drug-likeness (QED) is 0.316. The SMILES string of the molecule is Cc1nc2sccn2c1C1NC(=O)N=C(CCc2ccc3c(c2)OCO3)C1C(=O)OC(C)c1cccc(C#N)c1. The number of carbonyl (C=O) groups excluding carboxylic acids is 2. The second kappa shape index (κ2) is 10.5. The number of imidazole rings is 1. The number of carbonyl (C=O) groups is 2. The number of hydrogen-bond donors (Lipinski definition) is 1. The monoisotopic (exact) mass is 555 g/mol. The molecule has 4 heterocycles. The van der Waals surface area contributed by atoms with E-state index < -0.39 is 30.1 Å². The Morgan fingerprint density at radius 1 is 1.25 bits per heavy atom. The van der Waals surface area contributed by atoms with Gasteiger partial charge in [0.15, 0.2) is 16.5 Å². The maximum atomic E-state index is 13.9. The van der Waals surface area contributed by atoms with Crippen LogP contribution in [0.2, 0.25) is 0 Å². The summed E-state index contributed by atoms with van der Waals surface area (Å²) in [5.41, 5.74) is 3.98. The van der Waals surface area contributed by atoms with Gasteiger partial charge in [-0.1, -0.05) is 18.2 Å². The zero-order valence-corrected chi connectivity index (χ0v) is 22.6. The summed E-state index contributed by atoms with van der Waals surface area (Å²) >= 11 is 1.47. The fourth-order valence-electron chi connectivity index (χ4n) is 5.18. The highest BCUT2D eigenvalue weighted by atomic mass is 32.1. The van der Waals surface area contributed by atoms with Gasteiger partial charge in [0.25, 0.3) is 0 Å². The molecule has 2 aromatic carbocycles. The van der Waals surface area contributed by atoms with Crippen LogP contribution in [0.5, 0.6) is 11.5 Å². The maximum Gasteiger partial charge on any atom is 0.341 e. The number of aromatic nitrogens is 2. The van der Waals surface area contributed by atoms with Gasteiger partial charge < -0.3 is 19.5 Å². The minimum atomic E-state index is -0.883. The highest BCUT2D eigenvalue weighted by Gasteiger charge is 2.42. The lowest BCUT2D eigenvalue weighted by atomic mass is 9.86. The molecule has 40 heavy (non-hydrogen) atoms. The summed E-state index contributed by atoms with van der Waals surface area (Å²) < 4.78 is 18.8. The van der Waals surface area contributed by atoms with Crippen LogP contribution in [0.3, 0.4) is 0 Å². The number of aryl methyl sites for hydroxylation is 2. The number of fused-ring (bicyclic) bond motifs is 2. The van der Waals surface area contributed by atoms with Crippen molar-refractivity contribution in [2.45, 2.75) is 38.8 Å². The molecule has 202 valence electrons. The molecule has 6 rings (SSSR count). The number of nitriles is 1. The smallest absolute Gasteiger partial charge is 0.341 e. The number of esters is 1. The van der Waals surface area contributed by atoms with Gasteiger partial charge in [-0.25, -0.2) is 14.8 Å². The van der Waals surface area contributed by atoms with Crippen LogP contribution in [0, 0.1) is 24.2 Å². The molecular formula is C29H25N5O5S. The fraction of sp³-hybridized carbons (Fsp3) is 0.276. The van der Waals surface area contributed by atoms with E-state index in [0.29, 0.717) is 52.6 Å². The van der Waals surface area contributed by atoms with Gasteiger partial charge in [0.2, 0.25) is 6.79 Å². The summed E-state index contributed by atoms with van der Waals surface area (Å²) in [5, 5.41) is 14.1. The zero-order chi connectivity index (χ0) is 27.8. The van der Waals surface area contributed by atoms with Gasteiger partial charge >= 0.3 is 12.0 Å². The van der Waals surface area contributed by atoms with Gasteiger partial charge in [-0.05, 0) is 62.1 Å². The van der Waals surface area contributed by atoms with Crippen LogP contribution in [-0.2, 0) is 16.0 Å². The predicted octanol–water partition coefficient (Wildman–Crippen LogP) is 5.06. The highest BCUT2D eigenvalue weighted by molar-refractivity contribution is 7.15. The molecular weight excluding hydrogens is 530 g/mol. The van der Waals surface area contributed by atoms with Gasteiger partial charge in [0.1, 0.15) is 12.0 Å². The summed E-state index contributed by atoms with van der Waals surface area (Å²) in [5.74, 6) is -0.0522. The third kappa shape index (κ3) is 4.78. The van der Waals surface area contributed by atoms with Crippen LogP contribution in [0.1, 0.15) is 53.6 Å². The van der Waals surface area contributed by atoms with Gasteiger partial charge in [0, 0.05) is 17.3 Å². The van der Waals surface area contributed by atoms with Crippen molar-refractivity contribution in [1.29, 1.82) is 5.26 Å². The molecule has 0 spiro atoms. The largest absolute Gasteiger partial charge is 0.457 e. The normalized spacial score (nSPS) is 18.6. The van der Waals surface area contributed by atoms with Crippen LogP contribution in [0.15, 0.2) is 59.0 Å². The van der Waals surface area contributed by atoms with Gasteiger partial charge in [-0.2, -0.15) is 5.26 Å². The third-order valence-electron chi connectivity index (χ3n) is 7.13. The summed E-state index contributed by atoms with van der Waals surface area (Å²) in [4.78, 5) is 36.5. The lowest BCUT2D eigenvalue weighted by Crippen LogP contribution is -2.46. The Balaban J connectivity index is 1.33. The van der Waals surface area contributed by atoms with Gasteiger partial charge in [-0.3, -0.25) is 9.20 Å². The lowest BCUT2D eigenvalue weighted by Gasteiger charge is -2.31. The Labute approximate surface area is 233 Å². The Morgan fingerprint density at radius 2 is 2.10 bits per heavy atom. The Bertz CT molecular complexity index is 1700. The number of rotatable bonds is 7. The van der Waals surface area contributed by atoms with Crippen LogP contribution in [0.4, 0.5) is 4.79 Å². The van der Waals surface area contributed by atoms with E-state index in [1.54, 1.807) is 25.1 Å². The van der Waals surface area contributed by atoms with E-state index in [4.69, 9.17) is 14.2 Å². The first-order chi connectivity index (χ1) is 19.4. The summed E-state index contributed by atoms with van der Waals surface area (Å²) in [6.07, 6.45) is 2.13. The van der Waals surface area contributed by atoms with Crippen molar-refractivity contribution >= 4 is 34.0 Å². The van der Waals surface area contributed by atoms with Crippen LogP contribution >= 0.6 is 11.3 Å². The van der Waals surface area contributed by atoms with E-state index in [2.05, 4.69) is 21.4 Å². The average molecular weight is 556 g/mol. The first-order valence-electron chi connectivity index (χ1n) is 12.8. The van der Waals surface area contributed by atoms with E-state index in [9.17, 15) is 14.9 Å². The molecule has 3 atom stereocenters. The molecule has 0 saturated heterocycles. The van der Waals surface area contributed by atoms with Gasteiger partial charge in [-0.15, -0.1) is 11.3 Å². The molecule has 10 nitrogen and oxygen atoms in total. The Hall–Kier alpha value is -4.69. The van der Waals surface area contributed by atoms with E-state index in [1.807, 2.05) is 47.2 Å². The minimum Gasteiger partial charge on any atom is -0.457 e. The van der Waals surface area contributed by atoms with Crippen LogP contribution in [0.25, 0.3) is 4.96 Å². The molecule has 3 unspecified atom stereocenters. The first kappa shape index (κ1) is 25.6. The van der Waals surface area contributed by atoms with Crippen molar-refractivity contribution in [3.63, 3.8) is 0 Å². The number of urea groups is 1. The number of aliphatic imine (C=N–C) groups is 1. The fourth-order valence-corrected chi connectivity index (χ4v) is 5.95. The predicted molar refractivity (Wildman–Crippen MR) is 147 cm³/mol. The Kier molecular flexibility index (Phi) is 6.69. The summed E-state index contributed by atoms with van der Waals surface area (Å²) in [6.45, 7) is 3.80. The van der Waals surface area contributed by atoms with Crippen molar-refractivity contribution in [3.8, 4) is 17.6 Å². The standard InChI is InChI=1S/C29H25N5O5S/c1-16-26(34-10-11-40-29(34)31-16)25-24(27(35)39-17(2)20-5-3-4-19(12-20)14-30)21(32-28(36)33-25)8-6-18-7-9-22-23(13-18)38-15-37-22/h3-5,7,9-13,17,24-25H,6,8,15H2,1-2H3,(H,33,36). The van der Waals surface area contributed by atoms with E-state index in [0.717, 1.165) is 10.5 Å². The molecule has 0 fully saturated rings. The number of hydrogen-bond acceptors (Lipinski definition) is 8. The number of amides is 2. The number of benzene rings is 2. The molecule has 2 aliphatic rings. The second-order valence-electron chi connectivity index (χ2n) is 9.65. The molecule has 0 bridgehead atoms. The molecule has 2 aromatic heterocycles.